The summed E-state index contributed by atoms with van der Waals surface area (Å²) in [6, 6.07) is 14.9. The standard InChI is InChI=1S/C23H20FN3O4S/c1-13-6-5-7-14(10-13)26-18(28)12-32-22-16(11-25)19(15-8-3-4-9-17(15)24)20(21(29)27-22)23(30)31-2/h3-10,19-20H,12H2,1-2H3,(H,26,28)(H,27,29)/t19-,20-/m0/s1. The quantitative estimate of drug-likeness (QED) is 0.514. The van der Waals surface area contributed by atoms with Gasteiger partial charge in [-0.25, -0.2) is 4.39 Å². The number of esters is 1. The van der Waals surface area contributed by atoms with Crippen molar-refractivity contribution in [2.24, 2.45) is 5.92 Å². The van der Waals surface area contributed by atoms with E-state index >= 15 is 0 Å². The third kappa shape index (κ3) is 4.98. The first-order valence-electron chi connectivity index (χ1n) is 9.62. The number of nitrogens with zero attached hydrogens (tertiary/aromatic N) is 1. The molecule has 164 valence electrons. The molecule has 1 aliphatic heterocycles. The maximum atomic E-state index is 14.6. The SMILES string of the molecule is COC(=O)[C@@H]1C(=O)NC(SCC(=O)Nc2cccc(C)c2)=C(C#N)[C@@H]1c1ccccc1F. The van der Waals surface area contributed by atoms with Crippen LogP contribution in [-0.2, 0) is 19.1 Å². The monoisotopic (exact) mass is 453 g/mol. The van der Waals surface area contributed by atoms with E-state index in [0.717, 1.165) is 24.4 Å². The van der Waals surface area contributed by atoms with Crippen LogP contribution in [0.4, 0.5) is 10.1 Å². The topological polar surface area (TPSA) is 108 Å². The van der Waals surface area contributed by atoms with Gasteiger partial charge in [0.2, 0.25) is 11.8 Å². The van der Waals surface area contributed by atoms with Gasteiger partial charge in [-0.3, -0.25) is 14.4 Å². The van der Waals surface area contributed by atoms with Gasteiger partial charge < -0.3 is 15.4 Å². The van der Waals surface area contributed by atoms with Crippen LogP contribution in [0.1, 0.15) is 17.0 Å². The molecule has 32 heavy (non-hydrogen) atoms. The van der Waals surface area contributed by atoms with E-state index in [0.29, 0.717) is 5.69 Å². The number of halogens is 1. The van der Waals surface area contributed by atoms with E-state index in [9.17, 15) is 24.0 Å². The number of thioether (sulfide) groups is 1. The van der Waals surface area contributed by atoms with E-state index in [1.54, 1.807) is 18.2 Å². The maximum absolute atomic E-state index is 14.6. The Hall–Kier alpha value is -3.64. The van der Waals surface area contributed by atoms with E-state index in [1.165, 1.54) is 18.2 Å². The Labute approximate surface area is 188 Å². The fourth-order valence-electron chi connectivity index (χ4n) is 3.44. The zero-order chi connectivity index (χ0) is 23.3. The zero-order valence-electron chi connectivity index (χ0n) is 17.3. The molecule has 3 rings (SSSR count). The van der Waals surface area contributed by atoms with Crippen molar-refractivity contribution in [3.05, 3.63) is 76.1 Å². The summed E-state index contributed by atoms with van der Waals surface area (Å²) in [5.41, 5.74) is 1.61. The number of carbonyl (C=O) groups excluding carboxylic acids is 3. The summed E-state index contributed by atoms with van der Waals surface area (Å²) < 4.78 is 19.3. The first-order valence-corrected chi connectivity index (χ1v) is 10.6. The molecule has 0 bridgehead atoms. The number of allylic oxidation sites excluding steroid dienone is 1. The lowest BCUT2D eigenvalue weighted by Gasteiger charge is -2.31. The van der Waals surface area contributed by atoms with Gasteiger partial charge >= 0.3 is 5.97 Å². The highest BCUT2D eigenvalue weighted by Crippen LogP contribution is 2.41. The summed E-state index contributed by atoms with van der Waals surface area (Å²) in [7, 11) is 1.11. The lowest BCUT2D eigenvalue weighted by molar-refractivity contribution is -0.150. The van der Waals surface area contributed by atoms with Crippen LogP contribution in [0.3, 0.4) is 0 Å². The van der Waals surface area contributed by atoms with Crippen LogP contribution >= 0.6 is 11.8 Å². The molecule has 1 aliphatic rings. The maximum Gasteiger partial charge on any atom is 0.319 e. The first kappa shape index (κ1) is 23.0. The smallest absolute Gasteiger partial charge is 0.319 e. The van der Waals surface area contributed by atoms with Gasteiger partial charge in [0, 0.05) is 11.6 Å². The molecule has 7 nitrogen and oxygen atoms in total. The number of rotatable bonds is 6. The molecule has 2 N–H and O–H groups in total. The van der Waals surface area contributed by atoms with Gasteiger partial charge in [0.05, 0.1) is 29.5 Å². The lowest BCUT2D eigenvalue weighted by Crippen LogP contribution is -2.44. The predicted molar refractivity (Wildman–Crippen MR) is 118 cm³/mol. The van der Waals surface area contributed by atoms with E-state index in [2.05, 4.69) is 10.6 Å². The molecule has 0 aromatic heterocycles. The highest BCUT2D eigenvalue weighted by atomic mass is 32.2. The van der Waals surface area contributed by atoms with Crippen LogP contribution in [-0.4, -0.2) is 30.6 Å². The number of methoxy groups -OCH3 is 1. The minimum absolute atomic E-state index is 0.0153. The van der Waals surface area contributed by atoms with Crippen molar-refractivity contribution in [3.8, 4) is 6.07 Å². The van der Waals surface area contributed by atoms with Crippen molar-refractivity contribution in [1.82, 2.24) is 5.32 Å². The zero-order valence-corrected chi connectivity index (χ0v) is 18.2. The van der Waals surface area contributed by atoms with E-state index in [1.807, 2.05) is 25.1 Å². The second-order valence-electron chi connectivity index (χ2n) is 7.05. The number of anilines is 1. The van der Waals surface area contributed by atoms with Crippen LogP contribution < -0.4 is 10.6 Å². The predicted octanol–water partition coefficient (Wildman–Crippen LogP) is 3.24. The molecule has 9 heteroatoms. The second kappa shape index (κ2) is 10.1. The Morgan fingerprint density at radius 2 is 2.00 bits per heavy atom. The van der Waals surface area contributed by atoms with Crippen LogP contribution in [0.15, 0.2) is 59.1 Å². The molecule has 2 aromatic carbocycles. The third-order valence-electron chi connectivity index (χ3n) is 4.87. The Bertz CT molecular complexity index is 1140. The molecule has 0 fully saturated rings. The fourth-order valence-corrected chi connectivity index (χ4v) is 4.29. The molecule has 0 unspecified atom stereocenters. The molecule has 2 atom stereocenters. The molecule has 0 saturated heterocycles. The van der Waals surface area contributed by atoms with Crippen molar-refractivity contribution >= 4 is 35.2 Å². The number of benzene rings is 2. The van der Waals surface area contributed by atoms with Crippen molar-refractivity contribution < 1.29 is 23.5 Å². The molecule has 2 aromatic rings. The second-order valence-corrected chi connectivity index (χ2v) is 8.04. The Kier molecular flexibility index (Phi) is 7.28. The number of hydrogen-bond donors (Lipinski definition) is 2. The highest BCUT2D eigenvalue weighted by Gasteiger charge is 2.45. The average molecular weight is 453 g/mol. The van der Waals surface area contributed by atoms with Gasteiger partial charge in [-0.1, -0.05) is 42.1 Å². The van der Waals surface area contributed by atoms with Crippen LogP contribution in [0.5, 0.6) is 0 Å². The van der Waals surface area contributed by atoms with Crippen molar-refractivity contribution in [2.75, 3.05) is 18.2 Å². The number of hydrogen-bond acceptors (Lipinski definition) is 6. The van der Waals surface area contributed by atoms with Crippen molar-refractivity contribution in [1.29, 1.82) is 5.26 Å². The van der Waals surface area contributed by atoms with E-state index < -0.39 is 29.5 Å². The van der Waals surface area contributed by atoms with Gasteiger partial charge in [0.15, 0.2) is 0 Å². The summed E-state index contributed by atoms with van der Waals surface area (Å²) >= 11 is 0.930. The minimum Gasteiger partial charge on any atom is -0.468 e. The largest absolute Gasteiger partial charge is 0.468 e. The van der Waals surface area contributed by atoms with Gasteiger partial charge in [-0.2, -0.15) is 5.26 Å². The molecule has 1 heterocycles. The third-order valence-corrected chi connectivity index (χ3v) is 5.89. The molecular weight excluding hydrogens is 433 g/mol. The molecule has 0 saturated carbocycles. The summed E-state index contributed by atoms with van der Waals surface area (Å²) in [4.78, 5) is 37.5. The van der Waals surface area contributed by atoms with Gasteiger partial charge in [0.25, 0.3) is 0 Å². The molecule has 0 spiro atoms. The normalized spacial score (nSPS) is 17.9. The number of nitriles is 1. The summed E-state index contributed by atoms with van der Waals surface area (Å²) in [5.74, 6) is -5.34. The number of ether oxygens (including phenoxy) is 1. The Morgan fingerprint density at radius 1 is 1.25 bits per heavy atom. The lowest BCUT2D eigenvalue weighted by atomic mass is 9.78. The number of nitrogens with one attached hydrogen (secondary N) is 2. The van der Waals surface area contributed by atoms with Gasteiger partial charge in [0.1, 0.15) is 11.7 Å². The molecule has 0 aliphatic carbocycles. The van der Waals surface area contributed by atoms with Crippen LogP contribution in [0.2, 0.25) is 0 Å². The summed E-state index contributed by atoms with van der Waals surface area (Å²) in [6.07, 6.45) is 0. The molecular formula is C23H20FN3O4S. The van der Waals surface area contributed by atoms with Gasteiger partial charge in [-0.15, -0.1) is 0 Å². The van der Waals surface area contributed by atoms with Gasteiger partial charge in [-0.05, 0) is 36.2 Å². The first-order chi connectivity index (χ1) is 15.3. The van der Waals surface area contributed by atoms with E-state index in [4.69, 9.17) is 4.74 Å². The fraction of sp³-hybridized carbons (Fsp3) is 0.217. The number of aryl methyl sites for hydroxylation is 1. The number of carbonyl (C=O) groups is 3. The Balaban J connectivity index is 1.91. The van der Waals surface area contributed by atoms with Crippen LogP contribution in [0, 0.1) is 30.0 Å². The Morgan fingerprint density at radius 3 is 2.66 bits per heavy atom. The molecule has 2 amide bonds. The highest BCUT2D eigenvalue weighted by molar-refractivity contribution is 8.03. The summed E-state index contributed by atoms with van der Waals surface area (Å²) in [6.45, 7) is 1.90. The van der Waals surface area contributed by atoms with E-state index in [-0.39, 0.29) is 27.8 Å². The minimum atomic E-state index is -1.43. The van der Waals surface area contributed by atoms with Crippen LogP contribution in [0.25, 0.3) is 0 Å². The molecule has 0 radical (unpaired) electrons. The number of amides is 2. The summed E-state index contributed by atoms with van der Waals surface area (Å²) in [5, 5.41) is 15.2. The van der Waals surface area contributed by atoms with Crippen molar-refractivity contribution in [3.63, 3.8) is 0 Å². The average Bonchev–Trinajstić information content (AvgIpc) is 2.77. The van der Waals surface area contributed by atoms with Crippen molar-refractivity contribution in [2.45, 2.75) is 12.8 Å².